The van der Waals surface area contributed by atoms with Gasteiger partial charge in [-0.15, -0.1) is 0 Å². The first-order valence-corrected chi connectivity index (χ1v) is 7.25. The van der Waals surface area contributed by atoms with Crippen molar-refractivity contribution in [2.24, 2.45) is 0 Å². The van der Waals surface area contributed by atoms with Crippen LogP contribution in [-0.2, 0) is 4.74 Å². The number of nitrogens with one attached hydrogen (secondary N) is 1. The highest BCUT2D eigenvalue weighted by Crippen LogP contribution is 2.11. The quantitative estimate of drug-likeness (QED) is 0.595. The second-order valence-electron chi connectivity index (χ2n) is 4.63. The molecule has 1 amide bonds. The molecule has 0 radical (unpaired) electrons. The van der Waals surface area contributed by atoms with Gasteiger partial charge in [0.05, 0.1) is 12.2 Å². The number of aryl methyl sites for hydroxylation is 1. The molecule has 0 fully saturated rings. The number of carbonyl (C=O) groups is 1. The van der Waals surface area contributed by atoms with Crippen LogP contribution in [-0.4, -0.2) is 37.4 Å². The van der Waals surface area contributed by atoms with E-state index in [0.29, 0.717) is 37.3 Å². The Hall–Kier alpha value is -1.83. The molecule has 0 spiro atoms. The van der Waals surface area contributed by atoms with E-state index in [4.69, 9.17) is 9.84 Å². The highest BCUT2D eigenvalue weighted by Gasteiger charge is 2.09. The molecule has 4 heteroatoms. The third-order valence-corrected chi connectivity index (χ3v) is 2.83. The molecule has 0 unspecified atom stereocenters. The van der Waals surface area contributed by atoms with Crippen molar-refractivity contribution < 1.29 is 14.6 Å². The Morgan fingerprint density at radius 1 is 1.43 bits per heavy atom. The Bertz CT molecular complexity index is 515. The van der Waals surface area contributed by atoms with E-state index in [-0.39, 0.29) is 12.5 Å². The molecule has 0 saturated carbocycles. The summed E-state index contributed by atoms with van der Waals surface area (Å²) in [7, 11) is 0. The van der Waals surface area contributed by atoms with Gasteiger partial charge >= 0.3 is 0 Å². The van der Waals surface area contributed by atoms with Gasteiger partial charge < -0.3 is 15.2 Å². The van der Waals surface area contributed by atoms with Crippen LogP contribution < -0.4 is 5.32 Å². The number of benzene rings is 1. The summed E-state index contributed by atoms with van der Waals surface area (Å²) in [4.78, 5) is 12.2. The lowest BCUT2D eigenvalue weighted by Crippen LogP contribution is -2.26. The highest BCUT2D eigenvalue weighted by molar-refractivity contribution is 5.96. The van der Waals surface area contributed by atoms with Crippen molar-refractivity contribution in [1.29, 1.82) is 0 Å². The molecule has 0 atom stereocenters. The zero-order chi connectivity index (χ0) is 15.5. The van der Waals surface area contributed by atoms with E-state index >= 15 is 0 Å². The third-order valence-electron chi connectivity index (χ3n) is 2.83. The lowest BCUT2D eigenvalue weighted by molar-refractivity contribution is 0.0944. The number of hydrogen-bond donors (Lipinski definition) is 2. The summed E-state index contributed by atoms with van der Waals surface area (Å²) in [6.07, 6.45) is 1.19. The van der Waals surface area contributed by atoms with Gasteiger partial charge in [-0.25, -0.2) is 0 Å². The van der Waals surface area contributed by atoms with Crippen LogP contribution in [0.5, 0.6) is 0 Å². The summed E-state index contributed by atoms with van der Waals surface area (Å²) in [5, 5.41) is 11.6. The SMILES string of the molecule is CCOCCCNC(=O)c1cc(C)ccc1C#CCCO. The maximum atomic E-state index is 12.2. The summed E-state index contributed by atoms with van der Waals surface area (Å²) < 4.78 is 5.23. The van der Waals surface area contributed by atoms with Crippen LogP contribution in [0, 0.1) is 18.8 Å². The Morgan fingerprint density at radius 2 is 2.24 bits per heavy atom. The molecule has 0 aliphatic rings. The maximum absolute atomic E-state index is 12.2. The summed E-state index contributed by atoms with van der Waals surface area (Å²) in [6, 6.07) is 5.60. The van der Waals surface area contributed by atoms with E-state index in [1.807, 2.05) is 32.0 Å². The van der Waals surface area contributed by atoms with E-state index in [1.165, 1.54) is 0 Å². The molecule has 1 aromatic rings. The molecular formula is C17H23NO3. The molecule has 0 heterocycles. The Labute approximate surface area is 126 Å². The predicted molar refractivity (Wildman–Crippen MR) is 83.2 cm³/mol. The molecule has 1 rings (SSSR count). The van der Waals surface area contributed by atoms with E-state index in [1.54, 1.807) is 0 Å². The fourth-order valence-corrected chi connectivity index (χ4v) is 1.78. The predicted octanol–water partition coefficient (Wildman–Crippen LogP) is 1.89. The number of carbonyl (C=O) groups excluding carboxylic acids is 1. The molecule has 0 saturated heterocycles. The maximum Gasteiger partial charge on any atom is 0.252 e. The fraction of sp³-hybridized carbons (Fsp3) is 0.471. The van der Waals surface area contributed by atoms with Crippen molar-refractivity contribution in [3.05, 3.63) is 34.9 Å². The molecule has 1 aromatic carbocycles. The molecule has 114 valence electrons. The summed E-state index contributed by atoms with van der Waals surface area (Å²) >= 11 is 0. The second kappa shape index (κ2) is 9.98. The van der Waals surface area contributed by atoms with Gasteiger partial charge in [0.25, 0.3) is 5.91 Å². The molecular weight excluding hydrogens is 266 g/mol. The van der Waals surface area contributed by atoms with E-state index in [0.717, 1.165) is 12.0 Å². The highest BCUT2D eigenvalue weighted by atomic mass is 16.5. The molecule has 0 bridgehead atoms. The lowest BCUT2D eigenvalue weighted by atomic mass is 10.0. The van der Waals surface area contributed by atoms with Crippen LogP contribution >= 0.6 is 0 Å². The summed E-state index contributed by atoms with van der Waals surface area (Å²) in [6.45, 7) is 5.83. The van der Waals surface area contributed by atoms with Gasteiger partial charge in [-0.3, -0.25) is 4.79 Å². The second-order valence-corrected chi connectivity index (χ2v) is 4.63. The topological polar surface area (TPSA) is 58.6 Å². The third kappa shape index (κ3) is 6.44. The van der Waals surface area contributed by atoms with Crippen molar-refractivity contribution in [2.45, 2.75) is 26.7 Å². The summed E-state index contributed by atoms with van der Waals surface area (Å²) in [5.41, 5.74) is 2.29. The van der Waals surface area contributed by atoms with Gasteiger partial charge in [-0.05, 0) is 32.4 Å². The zero-order valence-corrected chi connectivity index (χ0v) is 12.7. The smallest absolute Gasteiger partial charge is 0.252 e. The Kier molecular flexibility index (Phi) is 8.18. The lowest BCUT2D eigenvalue weighted by Gasteiger charge is -2.08. The van der Waals surface area contributed by atoms with Crippen LogP contribution in [0.3, 0.4) is 0 Å². The summed E-state index contributed by atoms with van der Waals surface area (Å²) in [5.74, 6) is 5.67. The number of aliphatic hydroxyl groups excluding tert-OH is 1. The number of aliphatic hydroxyl groups is 1. The largest absolute Gasteiger partial charge is 0.395 e. The number of ether oxygens (including phenoxy) is 1. The van der Waals surface area contributed by atoms with E-state index in [2.05, 4.69) is 17.2 Å². The van der Waals surface area contributed by atoms with Crippen LogP contribution in [0.25, 0.3) is 0 Å². The van der Waals surface area contributed by atoms with Crippen molar-refractivity contribution in [2.75, 3.05) is 26.4 Å². The fourth-order valence-electron chi connectivity index (χ4n) is 1.78. The van der Waals surface area contributed by atoms with Crippen molar-refractivity contribution >= 4 is 5.91 Å². The molecule has 21 heavy (non-hydrogen) atoms. The van der Waals surface area contributed by atoms with Crippen LogP contribution in [0.1, 0.15) is 41.3 Å². The minimum absolute atomic E-state index is 0.0256. The van der Waals surface area contributed by atoms with Gasteiger partial charge in [0.2, 0.25) is 0 Å². The van der Waals surface area contributed by atoms with Gasteiger partial charge in [-0.1, -0.05) is 23.5 Å². The Morgan fingerprint density at radius 3 is 2.95 bits per heavy atom. The van der Waals surface area contributed by atoms with Crippen molar-refractivity contribution in [3.8, 4) is 11.8 Å². The molecule has 0 aromatic heterocycles. The number of hydrogen-bond acceptors (Lipinski definition) is 3. The monoisotopic (exact) mass is 289 g/mol. The Balaban J connectivity index is 2.69. The average molecular weight is 289 g/mol. The standard InChI is InChI=1S/C17H23NO3/c1-3-21-12-6-10-18-17(20)16-13-14(2)8-9-15(16)7-4-5-11-19/h8-9,13,19H,3,5-6,10-12H2,1-2H3,(H,18,20). The molecule has 2 N–H and O–H groups in total. The average Bonchev–Trinajstić information content (AvgIpc) is 2.48. The molecule has 0 aliphatic heterocycles. The minimum Gasteiger partial charge on any atom is -0.395 e. The van der Waals surface area contributed by atoms with Gasteiger partial charge in [-0.2, -0.15) is 0 Å². The minimum atomic E-state index is -0.122. The molecule has 4 nitrogen and oxygen atoms in total. The van der Waals surface area contributed by atoms with E-state index in [9.17, 15) is 4.79 Å². The zero-order valence-electron chi connectivity index (χ0n) is 12.7. The van der Waals surface area contributed by atoms with Crippen LogP contribution in [0.2, 0.25) is 0 Å². The van der Waals surface area contributed by atoms with Gasteiger partial charge in [0.1, 0.15) is 0 Å². The van der Waals surface area contributed by atoms with Crippen LogP contribution in [0.4, 0.5) is 0 Å². The van der Waals surface area contributed by atoms with Crippen molar-refractivity contribution in [1.82, 2.24) is 5.32 Å². The number of rotatable bonds is 7. The van der Waals surface area contributed by atoms with Crippen molar-refractivity contribution in [3.63, 3.8) is 0 Å². The number of amides is 1. The van der Waals surface area contributed by atoms with Gasteiger partial charge in [0.15, 0.2) is 0 Å². The first-order chi connectivity index (χ1) is 10.2. The first-order valence-electron chi connectivity index (χ1n) is 7.25. The van der Waals surface area contributed by atoms with E-state index < -0.39 is 0 Å². The normalized spacial score (nSPS) is 9.86. The molecule has 0 aliphatic carbocycles. The van der Waals surface area contributed by atoms with Crippen LogP contribution in [0.15, 0.2) is 18.2 Å². The van der Waals surface area contributed by atoms with Gasteiger partial charge in [0, 0.05) is 31.7 Å². The first kappa shape index (κ1) is 17.2.